The molecular weight excluding hydrogens is 300 g/mol. The van der Waals surface area contributed by atoms with Crippen LogP contribution in [0.5, 0.6) is 5.75 Å². The average Bonchev–Trinajstić information content (AvgIpc) is 2.66. The van der Waals surface area contributed by atoms with Gasteiger partial charge in [0.15, 0.2) is 0 Å². The van der Waals surface area contributed by atoms with Gasteiger partial charge in [-0.1, -0.05) is 6.08 Å². The Kier molecular flexibility index (Phi) is 4.02. The second kappa shape index (κ2) is 6.19. The third-order valence-electron chi connectivity index (χ3n) is 5.82. The zero-order valence-electron chi connectivity index (χ0n) is 14.1. The molecule has 1 aromatic carbocycles. The van der Waals surface area contributed by atoms with Crippen LogP contribution in [0.15, 0.2) is 43.1 Å². The third kappa shape index (κ3) is 2.50. The van der Waals surface area contributed by atoms with Crippen molar-refractivity contribution in [2.24, 2.45) is 11.8 Å². The molecule has 3 aliphatic rings. The Bertz CT molecular complexity index is 766. The Morgan fingerprint density at radius 3 is 3.04 bits per heavy atom. The molecular formula is C20H26N2O2. The van der Waals surface area contributed by atoms with E-state index >= 15 is 0 Å². The lowest BCUT2D eigenvalue weighted by Crippen LogP contribution is -2.54. The maximum absolute atomic E-state index is 11.2. The fourth-order valence-electron chi connectivity index (χ4n) is 4.44. The van der Waals surface area contributed by atoms with Gasteiger partial charge in [0.2, 0.25) is 0 Å². The number of ether oxygens (including phenoxy) is 1. The minimum absolute atomic E-state index is 0. The van der Waals surface area contributed by atoms with Gasteiger partial charge in [0.25, 0.3) is 0 Å². The minimum atomic E-state index is -0.504. The molecule has 4 heterocycles. The van der Waals surface area contributed by atoms with E-state index in [9.17, 15) is 5.11 Å². The highest BCUT2D eigenvalue weighted by Gasteiger charge is 2.42. The van der Waals surface area contributed by atoms with Crippen LogP contribution in [0.2, 0.25) is 0 Å². The number of aliphatic hydroxyl groups is 1. The molecule has 1 aromatic heterocycles. The van der Waals surface area contributed by atoms with Crippen molar-refractivity contribution in [2.45, 2.75) is 25.0 Å². The molecule has 2 aromatic rings. The molecule has 5 atom stereocenters. The quantitative estimate of drug-likeness (QED) is 0.875. The van der Waals surface area contributed by atoms with Crippen molar-refractivity contribution in [1.82, 2.24) is 9.88 Å². The molecule has 0 spiro atoms. The highest BCUT2D eigenvalue weighted by atomic mass is 16.5. The molecule has 4 nitrogen and oxygen atoms in total. The summed E-state index contributed by atoms with van der Waals surface area (Å²) in [5.74, 6) is 2.01. The number of aromatic nitrogens is 1. The van der Waals surface area contributed by atoms with Crippen LogP contribution in [0, 0.1) is 11.8 Å². The van der Waals surface area contributed by atoms with Crippen molar-refractivity contribution >= 4 is 10.9 Å². The van der Waals surface area contributed by atoms with E-state index in [4.69, 9.17) is 4.74 Å². The molecule has 1 N–H and O–H groups in total. The van der Waals surface area contributed by atoms with Crippen LogP contribution < -0.4 is 4.74 Å². The second-order valence-corrected chi connectivity index (χ2v) is 6.97. The molecule has 0 aliphatic carbocycles. The number of hydrogen-bond acceptors (Lipinski definition) is 4. The fraction of sp³-hybridized carbons (Fsp3) is 0.450. The van der Waals surface area contributed by atoms with E-state index in [1.54, 1.807) is 13.3 Å². The molecule has 128 valence electrons. The Hall–Kier alpha value is -1.91. The van der Waals surface area contributed by atoms with Gasteiger partial charge < -0.3 is 9.84 Å². The van der Waals surface area contributed by atoms with Gasteiger partial charge in [0.1, 0.15) is 5.75 Å². The van der Waals surface area contributed by atoms with Crippen molar-refractivity contribution in [3.8, 4) is 5.75 Å². The molecule has 24 heavy (non-hydrogen) atoms. The van der Waals surface area contributed by atoms with Gasteiger partial charge in [-0.15, -0.1) is 6.58 Å². The molecule has 0 radical (unpaired) electrons. The lowest BCUT2D eigenvalue weighted by atomic mass is 9.73. The van der Waals surface area contributed by atoms with Crippen molar-refractivity contribution in [3.63, 3.8) is 0 Å². The third-order valence-corrected chi connectivity index (χ3v) is 5.82. The van der Waals surface area contributed by atoms with Gasteiger partial charge in [-0.3, -0.25) is 9.88 Å². The first-order chi connectivity index (χ1) is 11.7. The zero-order valence-corrected chi connectivity index (χ0v) is 14.1. The van der Waals surface area contributed by atoms with E-state index in [1.165, 1.54) is 6.42 Å². The largest absolute Gasteiger partial charge is 0.497 e. The smallest absolute Gasteiger partial charge is 0.119 e. The molecule has 3 aliphatic heterocycles. The Morgan fingerprint density at radius 1 is 1.46 bits per heavy atom. The maximum Gasteiger partial charge on any atom is 0.119 e. The monoisotopic (exact) mass is 326 g/mol. The van der Waals surface area contributed by atoms with E-state index < -0.39 is 6.10 Å². The van der Waals surface area contributed by atoms with E-state index in [0.29, 0.717) is 11.8 Å². The summed E-state index contributed by atoms with van der Waals surface area (Å²) in [4.78, 5) is 6.86. The van der Waals surface area contributed by atoms with Crippen LogP contribution >= 0.6 is 0 Å². The highest BCUT2D eigenvalue weighted by Crippen LogP contribution is 2.42. The number of fused-ring (bicyclic) bond motifs is 4. The summed E-state index contributed by atoms with van der Waals surface area (Å²) in [6.45, 7) is 6.07. The van der Waals surface area contributed by atoms with Crippen LogP contribution in [-0.4, -0.2) is 41.2 Å². The first kappa shape index (κ1) is 15.6. The summed E-state index contributed by atoms with van der Waals surface area (Å²) >= 11 is 0. The summed E-state index contributed by atoms with van der Waals surface area (Å²) < 4.78 is 5.35. The summed E-state index contributed by atoms with van der Waals surface area (Å²) in [6.07, 6.45) is 5.62. The Morgan fingerprint density at radius 2 is 2.33 bits per heavy atom. The molecule has 0 amide bonds. The number of hydrogen-bond donors (Lipinski definition) is 1. The summed E-state index contributed by atoms with van der Waals surface area (Å²) in [5.41, 5.74) is 1.85. The van der Waals surface area contributed by atoms with Crippen LogP contribution in [-0.2, 0) is 0 Å². The predicted molar refractivity (Wildman–Crippen MR) is 97.1 cm³/mol. The first-order valence-corrected chi connectivity index (χ1v) is 8.68. The number of piperidine rings is 3. The number of benzene rings is 1. The van der Waals surface area contributed by atoms with Gasteiger partial charge in [0, 0.05) is 25.6 Å². The lowest BCUT2D eigenvalue weighted by molar-refractivity contribution is -0.0444. The Balaban J connectivity index is 0.00000182. The topological polar surface area (TPSA) is 45.6 Å². The van der Waals surface area contributed by atoms with E-state index in [2.05, 4.69) is 22.5 Å². The van der Waals surface area contributed by atoms with Crippen molar-refractivity contribution in [1.29, 1.82) is 0 Å². The Labute approximate surface area is 144 Å². The van der Waals surface area contributed by atoms with Gasteiger partial charge >= 0.3 is 0 Å². The SMILES string of the molecule is C=C[C@@H]1CN2CCC1C[C@H]2C(O)c1ccnc2ccc(OC)cc12.[HH]. The number of methoxy groups -OCH3 is 1. The van der Waals surface area contributed by atoms with Crippen LogP contribution in [0.25, 0.3) is 10.9 Å². The van der Waals surface area contributed by atoms with E-state index in [1.807, 2.05) is 24.3 Å². The van der Waals surface area contributed by atoms with Crippen molar-refractivity contribution in [2.75, 3.05) is 20.2 Å². The van der Waals surface area contributed by atoms with Gasteiger partial charge in [0.05, 0.1) is 18.7 Å². The van der Waals surface area contributed by atoms with E-state index in [-0.39, 0.29) is 7.47 Å². The average molecular weight is 326 g/mol. The van der Waals surface area contributed by atoms with Crippen LogP contribution in [0.3, 0.4) is 0 Å². The summed E-state index contributed by atoms with van der Waals surface area (Å²) in [7, 11) is 1.66. The predicted octanol–water partition coefficient (Wildman–Crippen LogP) is 3.42. The molecule has 3 unspecified atom stereocenters. The van der Waals surface area contributed by atoms with Gasteiger partial charge in [-0.25, -0.2) is 0 Å². The molecule has 4 heteroatoms. The normalized spacial score (nSPS) is 30.2. The summed E-state index contributed by atoms with van der Waals surface area (Å²) in [5, 5.41) is 12.1. The molecule has 5 rings (SSSR count). The second-order valence-electron chi connectivity index (χ2n) is 6.97. The van der Waals surface area contributed by atoms with Crippen LogP contribution in [0.4, 0.5) is 0 Å². The summed E-state index contributed by atoms with van der Waals surface area (Å²) in [6, 6.07) is 7.96. The van der Waals surface area contributed by atoms with Gasteiger partial charge in [-0.2, -0.15) is 0 Å². The fourth-order valence-corrected chi connectivity index (χ4v) is 4.44. The molecule has 2 bridgehead atoms. The van der Waals surface area contributed by atoms with E-state index in [0.717, 1.165) is 41.7 Å². The first-order valence-electron chi connectivity index (χ1n) is 8.68. The van der Waals surface area contributed by atoms with Crippen molar-refractivity contribution < 1.29 is 11.3 Å². The minimum Gasteiger partial charge on any atom is -0.497 e. The molecule has 3 saturated heterocycles. The lowest BCUT2D eigenvalue weighted by Gasteiger charge is -2.50. The van der Waals surface area contributed by atoms with Crippen LogP contribution in [0.1, 0.15) is 25.9 Å². The number of nitrogens with zero attached hydrogens (tertiary/aromatic N) is 2. The molecule has 3 fully saturated rings. The van der Waals surface area contributed by atoms with Gasteiger partial charge in [-0.05, 0) is 61.1 Å². The highest BCUT2D eigenvalue weighted by molar-refractivity contribution is 5.83. The maximum atomic E-state index is 11.2. The molecule has 0 saturated carbocycles. The number of aliphatic hydroxyl groups excluding tert-OH is 1. The van der Waals surface area contributed by atoms with Crippen molar-refractivity contribution in [3.05, 3.63) is 48.7 Å². The zero-order chi connectivity index (χ0) is 16.7. The standard InChI is InChI=1S/C20H24N2O2.H2/c1-3-13-12-22-9-7-14(13)10-19(22)20(23)16-6-8-21-18-5-4-15(24-2)11-17(16)18;/h3-6,8,11,13-14,19-20,23H,1,7,9-10,12H2,2H3;1H/t13-,14?,19+,20?;/m1./s1. The number of pyridine rings is 1. The number of rotatable bonds is 4.